The maximum absolute atomic E-state index is 12.5. The SMILES string of the molecule is CN(Cc1ccccc1)C(=O)c1ccc(NCc2ccccn2)cn1. The monoisotopic (exact) mass is 332 g/mol. The van der Waals surface area contributed by atoms with Crippen LogP contribution >= 0.6 is 0 Å². The van der Waals surface area contributed by atoms with Crippen LogP contribution in [0.4, 0.5) is 5.69 Å². The first-order chi connectivity index (χ1) is 12.2. The Morgan fingerprint density at radius 3 is 2.48 bits per heavy atom. The van der Waals surface area contributed by atoms with Crippen LogP contribution in [0.3, 0.4) is 0 Å². The fourth-order valence-electron chi connectivity index (χ4n) is 2.44. The number of hydrogen-bond acceptors (Lipinski definition) is 4. The van der Waals surface area contributed by atoms with Gasteiger partial charge in [-0.1, -0.05) is 36.4 Å². The van der Waals surface area contributed by atoms with Crippen LogP contribution in [0, 0.1) is 0 Å². The van der Waals surface area contributed by atoms with Gasteiger partial charge in [0.05, 0.1) is 24.1 Å². The lowest BCUT2D eigenvalue weighted by molar-refractivity contribution is 0.0779. The first-order valence-electron chi connectivity index (χ1n) is 8.11. The van der Waals surface area contributed by atoms with E-state index in [1.54, 1.807) is 30.4 Å². The zero-order valence-corrected chi connectivity index (χ0v) is 14.1. The molecule has 0 radical (unpaired) electrons. The normalized spacial score (nSPS) is 10.3. The number of hydrogen-bond donors (Lipinski definition) is 1. The van der Waals surface area contributed by atoms with Crippen molar-refractivity contribution in [2.45, 2.75) is 13.1 Å². The largest absolute Gasteiger partial charge is 0.378 e. The van der Waals surface area contributed by atoms with Crippen LogP contribution in [0.25, 0.3) is 0 Å². The molecular weight excluding hydrogens is 312 g/mol. The van der Waals surface area contributed by atoms with Crippen LogP contribution in [-0.2, 0) is 13.1 Å². The standard InChI is InChI=1S/C20H20N4O/c1-24(15-16-7-3-2-4-8-16)20(25)19-11-10-18(14-23-19)22-13-17-9-5-6-12-21-17/h2-12,14,22H,13,15H2,1H3. The molecule has 5 nitrogen and oxygen atoms in total. The molecule has 0 spiro atoms. The molecule has 0 saturated carbocycles. The molecule has 3 rings (SSSR count). The molecule has 25 heavy (non-hydrogen) atoms. The molecule has 0 atom stereocenters. The number of amides is 1. The van der Waals surface area contributed by atoms with E-state index in [-0.39, 0.29) is 5.91 Å². The summed E-state index contributed by atoms with van der Waals surface area (Å²) < 4.78 is 0. The Morgan fingerprint density at radius 1 is 1.00 bits per heavy atom. The van der Waals surface area contributed by atoms with E-state index in [0.29, 0.717) is 18.8 Å². The summed E-state index contributed by atoms with van der Waals surface area (Å²) in [7, 11) is 1.78. The van der Waals surface area contributed by atoms with E-state index >= 15 is 0 Å². The summed E-state index contributed by atoms with van der Waals surface area (Å²) in [5.74, 6) is -0.0971. The van der Waals surface area contributed by atoms with Crippen LogP contribution < -0.4 is 5.32 Å². The Labute approximate surface area is 147 Å². The van der Waals surface area contributed by atoms with Gasteiger partial charge >= 0.3 is 0 Å². The molecule has 5 heteroatoms. The third kappa shape index (κ3) is 4.64. The Bertz CT molecular complexity index is 804. The maximum atomic E-state index is 12.5. The lowest BCUT2D eigenvalue weighted by Gasteiger charge is -2.17. The number of rotatable bonds is 6. The molecule has 2 heterocycles. The van der Waals surface area contributed by atoms with E-state index in [9.17, 15) is 4.79 Å². The van der Waals surface area contributed by atoms with Gasteiger partial charge in [0.25, 0.3) is 5.91 Å². The van der Waals surface area contributed by atoms with Crippen molar-refractivity contribution in [2.24, 2.45) is 0 Å². The van der Waals surface area contributed by atoms with Crippen LogP contribution in [0.15, 0.2) is 73.1 Å². The minimum Gasteiger partial charge on any atom is -0.378 e. The number of aromatic nitrogens is 2. The molecular formula is C20H20N4O. The molecule has 1 amide bonds. The minimum absolute atomic E-state index is 0.0971. The summed E-state index contributed by atoms with van der Waals surface area (Å²) in [5, 5.41) is 3.25. The lowest BCUT2D eigenvalue weighted by atomic mass is 10.2. The molecule has 0 fully saturated rings. The van der Waals surface area contributed by atoms with Gasteiger partial charge in [0.1, 0.15) is 5.69 Å². The van der Waals surface area contributed by atoms with Crippen molar-refractivity contribution in [3.05, 3.63) is 90.0 Å². The molecule has 0 aliphatic rings. The number of pyridine rings is 2. The number of anilines is 1. The molecule has 0 unspecified atom stereocenters. The second kappa shape index (κ2) is 8.06. The summed E-state index contributed by atoms with van der Waals surface area (Å²) in [6.07, 6.45) is 3.44. The number of nitrogens with one attached hydrogen (secondary N) is 1. The van der Waals surface area contributed by atoms with Gasteiger partial charge < -0.3 is 10.2 Å². The van der Waals surface area contributed by atoms with E-state index in [2.05, 4.69) is 15.3 Å². The van der Waals surface area contributed by atoms with Gasteiger partial charge in [-0.15, -0.1) is 0 Å². The van der Waals surface area contributed by atoms with Crippen molar-refractivity contribution < 1.29 is 4.79 Å². The molecule has 1 N–H and O–H groups in total. The van der Waals surface area contributed by atoms with Gasteiger partial charge in [0.15, 0.2) is 0 Å². The highest BCUT2D eigenvalue weighted by atomic mass is 16.2. The van der Waals surface area contributed by atoms with Crippen molar-refractivity contribution in [1.29, 1.82) is 0 Å². The zero-order chi connectivity index (χ0) is 17.5. The highest BCUT2D eigenvalue weighted by Gasteiger charge is 2.13. The third-order valence-corrected chi connectivity index (χ3v) is 3.79. The van der Waals surface area contributed by atoms with E-state index in [1.165, 1.54) is 0 Å². The molecule has 3 aromatic rings. The third-order valence-electron chi connectivity index (χ3n) is 3.79. The first-order valence-corrected chi connectivity index (χ1v) is 8.11. The highest BCUT2D eigenvalue weighted by molar-refractivity contribution is 5.92. The maximum Gasteiger partial charge on any atom is 0.272 e. The van der Waals surface area contributed by atoms with Crippen LogP contribution in [-0.4, -0.2) is 27.8 Å². The smallest absolute Gasteiger partial charge is 0.272 e. The Morgan fingerprint density at radius 2 is 1.80 bits per heavy atom. The predicted octanol–water partition coefficient (Wildman–Crippen LogP) is 3.36. The summed E-state index contributed by atoms with van der Waals surface area (Å²) >= 11 is 0. The lowest BCUT2D eigenvalue weighted by Crippen LogP contribution is -2.26. The molecule has 1 aromatic carbocycles. The second-order valence-corrected chi connectivity index (χ2v) is 5.75. The quantitative estimate of drug-likeness (QED) is 0.752. The average molecular weight is 332 g/mol. The second-order valence-electron chi connectivity index (χ2n) is 5.75. The summed E-state index contributed by atoms with van der Waals surface area (Å²) in [4.78, 5) is 22.7. The highest BCUT2D eigenvalue weighted by Crippen LogP contribution is 2.11. The van der Waals surface area contributed by atoms with Crippen LogP contribution in [0.1, 0.15) is 21.7 Å². The minimum atomic E-state index is -0.0971. The van der Waals surface area contributed by atoms with E-state index in [1.807, 2.05) is 54.6 Å². The van der Waals surface area contributed by atoms with Crippen LogP contribution in [0.5, 0.6) is 0 Å². The fraction of sp³-hybridized carbons (Fsp3) is 0.150. The molecule has 0 saturated heterocycles. The molecule has 0 aliphatic carbocycles. The Balaban J connectivity index is 1.58. The number of carbonyl (C=O) groups is 1. The van der Waals surface area contributed by atoms with E-state index < -0.39 is 0 Å². The van der Waals surface area contributed by atoms with Gasteiger partial charge in [-0.3, -0.25) is 9.78 Å². The van der Waals surface area contributed by atoms with E-state index in [4.69, 9.17) is 0 Å². The van der Waals surface area contributed by atoms with Gasteiger partial charge in [-0.25, -0.2) is 4.98 Å². The van der Waals surface area contributed by atoms with Gasteiger partial charge in [-0.2, -0.15) is 0 Å². The molecule has 0 bridgehead atoms. The van der Waals surface area contributed by atoms with Crippen molar-refractivity contribution >= 4 is 11.6 Å². The topological polar surface area (TPSA) is 58.1 Å². The number of nitrogens with zero attached hydrogens (tertiary/aromatic N) is 3. The number of benzene rings is 1. The van der Waals surface area contributed by atoms with E-state index in [0.717, 1.165) is 16.9 Å². The molecule has 2 aromatic heterocycles. The van der Waals surface area contributed by atoms with Crippen molar-refractivity contribution in [1.82, 2.24) is 14.9 Å². The predicted molar refractivity (Wildman–Crippen MR) is 98.0 cm³/mol. The Hall–Kier alpha value is -3.21. The summed E-state index contributed by atoms with van der Waals surface area (Å²) in [6, 6.07) is 19.3. The first kappa shape index (κ1) is 16.6. The van der Waals surface area contributed by atoms with Gasteiger partial charge in [-0.05, 0) is 29.8 Å². The number of carbonyl (C=O) groups excluding carboxylic acids is 1. The molecule has 126 valence electrons. The summed E-state index contributed by atoms with van der Waals surface area (Å²) in [5.41, 5.74) is 3.33. The van der Waals surface area contributed by atoms with Gasteiger partial charge in [0.2, 0.25) is 0 Å². The van der Waals surface area contributed by atoms with Crippen molar-refractivity contribution in [2.75, 3.05) is 12.4 Å². The summed E-state index contributed by atoms with van der Waals surface area (Å²) in [6.45, 7) is 1.17. The zero-order valence-electron chi connectivity index (χ0n) is 14.1. The molecule has 0 aliphatic heterocycles. The van der Waals surface area contributed by atoms with Crippen molar-refractivity contribution in [3.8, 4) is 0 Å². The van der Waals surface area contributed by atoms with Crippen molar-refractivity contribution in [3.63, 3.8) is 0 Å². The Kier molecular flexibility index (Phi) is 5.36. The fourth-order valence-corrected chi connectivity index (χ4v) is 2.44. The van der Waals surface area contributed by atoms with Crippen LogP contribution in [0.2, 0.25) is 0 Å². The van der Waals surface area contributed by atoms with Gasteiger partial charge in [0, 0.05) is 19.8 Å². The average Bonchev–Trinajstić information content (AvgIpc) is 2.68.